The van der Waals surface area contributed by atoms with Gasteiger partial charge in [-0.2, -0.15) is 5.10 Å². The molecule has 2 aromatic rings. The monoisotopic (exact) mass is 477 g/mol. The van der Waals surface area contributed by atoms with E-state index in [9.17, 15) is 4.79 Å². The van der Waals surface area contributed by atoms with Gasteiger partial charge >= 0.3 is 0 Å². The molecule has 2 aromatic carbocycles. The molecule has 0 aromatic heterocycles. The Morgan fingerprint density at radius 2 is 2.07 bits per heavy atom. The average Bonchev–Trinajstić information content (AvgIpc) is 2.66. The van der Waals surface area contributed by atoms with E-state index in [-0.39, 0.29) is 18.1 Å². The Hall–Kier alpha value is -2.05. The molecule has 1 heterocycles. The van der Waals surface area contributed by atoms with Gasteiger partial charge in [0.15, 0.2) is 6.61 Å². The van der Waals surface area contributed by atoms with Crippen LogP contribution in [-0.4, -0.2) is 31.3 Å². The largest absolute Gasteiger partial charge is 0.484 e. The molecule has 0 unspecified atom stereocenters. The number of carbonyl (C=O) groups excluding carboxylic acids is 1. The second-order valence-electron chi connectivity index (χ2n) is 7.94. The van der Waals surface area contributed by atoms with E-state index in [2.05, 4.69) is 65.2 Å². The smallest absolute Gasteiger partial charge is 0.277 e. The van der Waals surface area contributed by atoms with Crippen LogP contribution in [0.2, 0.25) is 5.02 Å². The molecule has 1 atom stereocenters. The van der Waals surface area contributed by atoms with E-state index in [0.29, 0.717) is 16.7 Å². The first-order valence-electron chi connectivity index (χ1n) is 9.45. The summed E-state index contributed by atoms with van der Waals surface area (Å²) in [5.74, 6) is 0.689. The Balaban J connectivity index is 1.64. The van der Waals surface area contributed by atoms with Crippen LogP contribution in [0, 0.1) is 0 Å². The molecular formula is C22H25BrClN3O2. The summed E-state index contributed by atoms with van der Waals surface area (Å²) in [5, 5.41) is 4.64. The Bertz CT molecular complexity index is 928. The SMILES string of the molecule is C[C@@H]1CC(C)(C)N(C)c2cc(Cl)c(/C=N\NC(=O)COc3ccc(Br)cc3)cc21. The number of halogens is 2. The minimum Gasteiger partial charge on any atom is -0.484 e. The molecule has 0 bridgehead atoms. The second kappa shape index (κ2) is 8.76. The highest BCUT2D eigenvalue weighted by atomic mass is 79.9. The zero-order chi connectivity index (χ0) is 21.2. The number of anilines is 1. The molecule has 0 saturated carbocycles. The molecular weight excluding hydrogens is 454 g/mol. The molecule has 1 aliphatic rings. The number of rotatable bonds is 5. The number of fused-ring (bicyclic) bond motifs is 1. The zero-order valence-corrected chi connectivity index (χ0v) is 19.3. The maximum Gasteiger partial charge on any atom is 0.277 e. The number of amides is 1. The van der Waals surface area contributed by atoms with Crippen molar-refractivity contribution < 1.29 is 9.53 Å². The third-order valence-corrected chi connectivity index (χ3v) is 6.18. The van der Waals surface area contributed by atoms with Gasteiger partial charge in [0.25, 0.3) is 5.91 Å². The molecule has 1 amide bonds. The summed E-state index contributed by atoms with van der Waals surface area (Å²) < 4.78 is 6.38. The van der Waals surface area contributed by atoms with Crippen molar-refractivity contribution >= 4 is 45.3 Å². The highest BCUT2D eigenvalue weighted by molar-refractivity contribution is 9.10. The molecule has 3 rings (SSSR count). The predicted octanol–water partition coefficient (Wildman–Crippen LogP) is 5.35. The lowest BCUT2D eigenvalue weighted by Gasteiger charge is -2.45. The van der Waals surface area contributed by atoms with Gasteiger partial charge in [-0.05, 0) is 68.1 Å². The number of hydrogen-bond acceptors (Lipinski definition) is 4. The molecule has 0 saturated heterocycles. The third-order valence-electron chi connectivity index (χ3n) is 5.33. The molecule has 154 valence electrons. The van der Waals surface area contributed by atoms with Crippen LogP contribution >= 0.6 is 27.5 Å². The fourth-order valence-corrected chi connectivity index (χ4v) is 4.06. The van der Waals surface area contributed by atoms with E-state index in [1.54, 1.807) is 18.3 Å². The van der Waals surface area contributed by atoms with Crippen LogP contribution in [0.5, 0.6) is 5.75 Å². The Morgan fingerprint density at radius 3 is 2.76 bits per heavy atom. The van der Waals surface area contributed by atoms with Crippen LogP contribution in [0.4, 0.5) is 5.69 Å². The van der Waals surface area contributed by atoms with Gasteiger partial charge in [-0.1, -0.05) is 34.5 Å². The van der Waals surface area contributed by atoms with Gasteiger partial charge in [0.05, 0.1) is 11.2 Å². The third kappa shape index (κ3) is 5.11. The lowest BCUT2D eigenvalue weighted by atomic mass is 9.80. The van der Waals surface area contributed by atoms with Gasteiger partial charge in [-0.15, -0.1) is 0 Å². The van der Waals surface area contributed by atoms with E-state index in [1.807, 2.05) is 18.2 Å². The first-order chi connectivity index (χ1) is 13.7. The highest BCUT2D eigenvalue weighted by Gasteiger charge is 2.34. The van der Waals surface area contributed by atoms with Crippen molar-refractivity contribution in [3.05, 3.63) is 57.0 Å². The Kier molecular flexibility index (Phi) is 6.54. The van der Waals surface area contributed by atoms with Crippen LogP contribution in [0.15, 0.2) is 46.0 Å². The van der Waals surface area contributed by atoms with Crippen LogP contribution in [0.25, 0.3) is 0 Å². The standard InChI is InChI=1S/C22H25BrClN3O2/c1-14-11-22(2,3)27(4)20-10-19(24)15(9-18(14)20)12-25-26-21(28)13-29-17-7-5-16(23)6-8-17/h5-10,12,14H,11,13H2,1-4H3,(H,26,28)/b25-12-/t14-/m1/s1. The maximum atomic E-state index is 12.0. The topological polar surface area (TPSA) is 53.9 Å². The number of carbonyl (C=O) groups is 1. The maximum absolute atomic E-state index is 12.0. The number of ether oxygens (including phenoxy) is 1. The molecule has 0 radical (unpaired) electrons. The molecule has 1 N–H and O–H groups in total. The highest BCUT2D eigenvalue weighted by Crippen LogP contribution is 2.44. The number of benzene rings is 2. The summed E-state index contributed by atoms with van der Waals surface area (Å²) in [4.78, 5) is 14.2. The number of nitrogens with one attached hydrogen (secondary N) is 1. The molecule has 0 spiro atoms. The quantitative estimate of drug-likeness (QED) is 0.465. The number of hydrazone groups is 1. The van der Waals surface area contributed by atoms with Gasteiger partial charge in [-0.25, -0.2) is 5.43 Å². The second-order valence-corrected chi connectivity index (χ2v) is 9.27. The van der Waals surface area contributed by atoms with Gasteiger partial charge in [0, 0.05) is 28.3 Å². The summed E-state index contributed by atoms with van der Waals surface area (Å²) in [6.07, 6.45) is 2.63. The van der Waals surface area contributed by atoms with Crippen molar-refractivity contribution in [2.75, 3.05) is 18.6 Å². The summed E-state index contributed by atoms with van der Waals surface area (Å²) in [7, 11) is 2.10. The molecule has 1 aliphatic heterocycles. The van der Waals surface area contributed by atoms with Crippen molar-refractivity contribution in [2.24, 2.45) is 5.10 Å². The van der Waals surface area contributed by atoms with Crippen LogP contribution in [0.3, 0.4) is 0 Å². The summed E-state index contributed by atoms with van der Waals surface area (Å²) >= 11 is 9.83. The lowest BCUT2D eigenvalue weighted by Crippen LogP contribution is -2.45. The fraction of sp³-hybridized carbons (Fsp3) is 0.364. The first-order valence-corrected chi connectivity index (χ1v) is 10.6. The molecule has 0 aliphatic carbocycles. The van der Waals surface area contributed by atoms with Crippen molar-refractivity contribution in [3.63, 3.8) is 0 Å². The van der Waals surface area contributed by atoms with Crippen molar-refractivity contribution in [1.82, 2.24) is 5.43 Å². The summed E-state index contributed by atoms with van der Waals surface area (Å²) in [6, 6.07) is 11.3. The average molecular weight is 479 g/mol. The molecule has 5 nitrogen and oxygen atoms in total. The minimum atomic E-state index is -0.340. The van der Waals surface area contributed by atoms with Gasteiger partial charge in [0.1, 0.15) is 5.75 Å². The van der Waals surface area contributed by atoms with E-state index < -0.39 is 0 Å². The van der Waals surface area contributed by atoms with E-state index >= 15 is 0 Å². The van der Waals surface area contributed by atoms with E-state index in [1.165, 1.54) is 5.56 Å². The van der Waals surface area contributed by atoms with Crippen molar-refractivity contribution in [1.29, 1.82) is 0 Å². The lowest BCUT2D eigenvalue weighted by molar-refractivity contribution is -0.123. The number of hydrogen-bond donors (Lipinski definition) is 1. The van der Waals surface area contributed by atoms with Gasteiger partial charge in [0.2, 0.25) is 0 Å². The van der Waals surface area contributed by atoms with E-state index in [4.69, 9.17) is 16.3 Å². The Morgan fingerprint density at radius 1 is 1.38 bits per heavy atom. The van der Waals surface area contributed by atoms with Crippen LogP contribution in [-0.2, 0) is 4.79 Å². The molecule has 0 fully saturated rings. The normalized spacial score (nSPS) is 17.9. The predicted molar refractivity (Wildman–Crippen MR) is 122 cm³/mol. The first kappa shape index (κ1) is 21.7. The minimum absolute atomic E-state index is 0.0775. The molecule has 29 heavy (non-hydrogen) atoms. The number of nitrogens with zero attached hydrogens (tertiary/aromatic N) is 2. The summed E-state index contributed by atoms with van der Waals surface area (Å²) in [5.41, 5.74) is 5.72. The van der Waals surface area contributed by atoms with Crippen molar-refractivity contribution in [2.45, 2.75) is 38.6 Å². The van der Waals surface area contributed by atoms with Crippen molar-refractivity contribution in [3.8, 4) is 5.75 Å². The van der Waals surface area contributed by atoms with E-state index in [0.717, 1.165) is 22.1 Å². The Labute approximate surface area is 185 Å². The van der Waals surface area contributed by atoms with Crippen LogP contribution in [0.1, 0.15) is 44.2 Å². The fourth-order valence-electron chi connectivity index (χ4n) is 3.59. The van der Waals surface area contributed by atoms with Gasteiger partial charge in [-0.3, -0.25) is 4.79 Å². The molecule has 7 heteroatoms. The van der Waals surface area contributed by atoms with Gasteiger partial charge < -0.3 is 9.64 Å². The van der Waals surface area contributed by atoms with Crippen LogP contribution < -0.4 is 15.1 Å². The summed E-state index contributed by atoms with van der Waals surface area (Å²) in [6.45, 7) is 6.58. The zero-order valence-electron chi connectivity index (χ0n) is 17.0.